The zero-order valence-electron chi connectivity index (χ0n) is 4.26. The Morgan fingerprint density at radius 1 is 2.00 bits per heavy atom. The van der Waals surface area contributed by atoms with Crippen LogP contribution in [-0.2, 0) is 0 Å². The second-order valence-electron chi connectivity index (χ2n) is 1.47. The van der Waals surface area contributed by atoms with E-state index in [9.17, 15) is 4.79 Å². The van der Waals surface area contributed by atoms with Crippen LogP contribution in [0.15, 0.2) is 4.99 Å². The van der Waals surface area contributed by atoms with Gasteiger partial charge in [0.15, 0.2) is 0 Å². The summed E-state index contributed by atoms with van der Waals surface area (Å²) < 4.78 is 0. The topological polar surface area (TPSA) is 32.7 Å². The van der Waals surface area contributed by atoms with E-state index in [4.69, 9.17) is 0 Å². The van der Waals surface area contributed by atoms with E-state index in [0.717, 1.165) is 0 Å². The molecule has 1 aliphatic heterocycles. The van der Waals surface area contributed by atoms with Gasteiger partial charge in [-0.1, -0.05) is 15.9 Å². The van der Waals surface area contributed by atoms with Gasteiger partial charge in [-0.15, -0.1) is 0 Å². The molecule has 0 aromatic heterocycles. The number of aliphatic imine (C=N–C) groups is 1. The molecule has 0 aromatic rings. The molecule has 1 rings (SSSR count). The molecule has 4 heteroatoms. The summed E-state index contributed by atoms with van der Waals surface area (Å²) in [6.45, 7) is 0. The summed E-state index contributed by atoms with van der Waals surface area (Å²) in [5, 5.41) is 0. The lowest BCUT2D eigenvalue weighted by atomic mass is 10.7. The van der Waals surface area contributed by atoms with E-state index in [1.165, 1.54) is 4.90 Å². The second-order valence-corrected chi connectivity index (χ2v) is 2.34. The number of nitrogens with zero attached hydrogens (tertiary/aromatic N) is 2. The molecule has 1 aliphatic rings. The second kappa shape index (κ2) is 1.85. The van der Waals surface area contributed by atoms with Crippen molar-refractivity contribution in [2.75, 3.05) is 7.05 Å². The summed E-state index contributed by atoms with van der Waals surface area (Å²) in [4.78, 5) is 15.2. The molecule has 0 N–H and O–H groups in total. The van der Waals surface area contributed by atoms with Gasteiger partial charge in [-0.3, -0.25) is 0 Å². The van der Waals surface area contributed by atoms with Crippen LogP contribution in [0.2, 0.25) is 0 Å². The Kier molecular flexibility index (Phi) is 1.33. The average molecular weight is 176 g/mol. The fourth-order valence-electron chi connectivity index (χ4n) is 0.371. The fourth-order valence-corrected chi connectivity index (χ4v) is 0.648. The van der Waals surface area contributed by atoms with Crippen molar-refractivity contribution in [3.63, 3.8) is 0 Å². The van der Waals surface area contributed by atoms with Gasteiger partial charge in [0.2, 0.25) is 0 Å². The molecule has 1 radical (unpaired) electrons. The summed E-state index contributed by atoms with van der Waals surface area (Å²) in [6.07, 6.45) is 2.54. The molecule has 0 bridgehead atoms. The molecule has 3 nitrogen and oxygen atoms in total. The van der Waals surface area contributed by atoms with Crippen molar-refractivity contribution in [2.45, 2.75) is 4.95 Å². The van der Waals surface area contributed by atoms with Crippen LogP contribution in [0.1, 0.15) is 0 Å². The van der Waals surface area contributed by atoms with E-state index in [-0.39, 0.29) is 11.0 Å². The maximum absolute atomic E-state index is 10.5. The Balaban J connectivity index is 2.69. The van der Waals surface area contributed by atoms with Gasteiger partial charge in [0.25, 0.3) is 0 Å². The van der Waals surface area contributed by atoms with E-state index in [1.807, 2.05) is 0 Å². The lowest BCUT2D eigenvalue weighted by molar-refractivity contribution is 0.226. The maximum atomic E-state index is 10.5. The zero-order valence-corrected chi connectivity index (χ0v) is 5.84. The SMILES string of the molecule is CN1C(=O)N=[C]C1Br. The fraction of sp³-hybridized carbons (Fsp3) is 0.500. The van der Waals surface area contributed by atoms with Gasteiger partial charge >= 0.3 is 6.03 Å². The molecule has 0 saturated heterocycles. The minimum atomic E-state index is -0.244. The molecule has 0 aliphatic carbocycles. The maximum Gasteiger partial charge on any atom is 0.344 e. The minimum Gasteiger partial charge on any atom is -0.308 e. The summed E-state index contributed by atoms with van der Waals surface area (Å²) in [5.41, 5.74) is 0. The Morgan fingerprint density at radius 3 is 2.75 bits per heavy atom. The van der Waals surface area contributed by atoms with Crippen molar-refractivity contribution in [1.29, 1.82) is 0 Å². The molecule has 1 atom stereocenters. The van der Waals surface area contributed by atoms with Crippen molar-refractivity contribution in [3.05, 3.63) is 0 Å². The Morgan fingerprint density at radius 2 is 2.62 bits per heavy atom. The highest BCUT2D eigenvalue weighted by Crippen LogP contribution is 2.09. The van der Waals surface area contributed by atoms with Gasteiger partial charge in [0, 0.05) is 7.05 Å². The Bertz CT molecular complexity index is 145. The predicted octanol–water partition coefficient (Wildman–Crippen LogP) is 0.721. The highest BCUT2D eigenvalue weighted by atomic mass is 79.9. The van der Waals surface area contributed by atoms with Gasteiger partial charge in [0.05, 0.1) is 0 Å². The summed E-state index contributed by atoms with van der Waals surface area (Å²) >= 11 is 3.14. The third-order valence-corrected chi connectivity index (χ3v) is 1.73. The van der Waals surface area contributed by atoms with Crippen molar-refractivity contribution in [3.8, 4) is 0 Å². The van der Waals surface area contributed by atoms with Crippen LogP contribution in [0, 0.1) is 0 Å². The van der Waals surface area contributed by atoms with E-state index in [1.54, 1.807) is 7.05 Å². The van der Waals surface area contributed by atoms with Gasteiger partial charge < -0.3 is 4.90 Å². The van der Waals surface area contributed by atoms with Crippen LogP contribution in [0.4, 0.5) is 4.79 Å². The third-order valence-electron chi connectivity index (χ3n) is 0.908. The van der Waals surface area contributed by atoms with Crippen molar-refractivity contribution in [2.24, 2.45) is 4.99 Å². The number of hydrogen-bond acceptors (Lipinski definition) is 1. The standard InChI is InChI=1S/C4H4BrN2O/c1-7-3(5)2-6-4(7)8/h3H,1H3. The molecule has 43 valence electrons. The molecule has 1 unspecified atom stereocenters. The number of hydrogen-bond donors (Lipinski definition) is 0. The molecule has 8 heavy (non-hydrogen) atoms. The largest absolute Gasteiger partial charge is 0.344 e. The molecule has 0 fully saturated rings. The summed E-state index contributed by atoms with van der Waals surface area (Å²) in [6, 6.07) is -0.244. The molecule has 0 aromatic carbocycles. The third kappa shape index (κ3) is 0.753. The first-order chi connectivity index (χ1) is 3.72. The lowest BCUT2D eigenvalue weighted by Gasteiger charge is -2.08. The van der Waals surface area contributed by atoms with Crippen molar-refractivity contribution < 1.29 is 4.79 Å². The van der Waals surface area contributed by atoms with Gasteiger partial charge in [-0.05, 0) is 0 Å². The molecular weight excluding hydrogens is 172 g/mol. The number of halogens is 1. The Hall–Kier alpha value is -0.380. The average Bonchev–Trinajstić information content (AvgIpc) is 1.98. The van der Waals surface area contributed by atoms with Crippen LogP contribution in [0.5, 0.6) is 0 Å². The predicted molar refractivity (Wildman–Crippen MR) is 33.3 cm³/mol. The van der Waals surface area contributed by atoms with E-state index < -0.39 is 0 Å². The first-order valence-electron chi connectivity index (χ1n) is 2.09. The van der Waals surface area contributed by atoms with Crippen LogP contribution < -0.4 is 0 Å². The first-order valence-corrected chi connectivity index (χ1v) is 3.00. The van der Waals surface area contributed by atoms with Crippen molar-refractivity contribution >= 4 is 28.2 Å². The number of carbonyl (C=O) groups excluding carboxylic acids is 1. The summed E-state index contributed by atoms with van der Waals surface area (Å²) in [7, 11) is 1.66. The van der Waals surface area contributed by atoms with Gasteiger partial charge in [-0.2, -0.15) is 4.99 Å². The lowest BCUT2D eigenvalue weighted by Crippen LogP contribution is -2.24. The van der Waals surface area contributed by atoms with Crippen LogP contribution in [0.25, 0.3) is 0 Å². The van der Waals surface area contributed by atoms with Crippen LogP contribution in [-0.4, -0.2) is 29.1 Å². The number of urea groups is 1. The number of alkyl halides is 1. The highest BCUT2D eigenvalue weighted by molar-refractivity contribution is 9.09. The number of rotatable bonds is 0. The van der Waals surface area contributed by atoms with Crippen molar-refractivity contribution in [1.82, 2.24) is 4.90 Å². The smallest absolute Gasteiger partial charge is 0.308 e. The van der Waals surface area contributed by atoms with Crippen LogP contribution in [0.3, 0.4) is 0 Å². The Labute approximate surface area is 55.5 Å². The zero-order chi connectivity index (χ0) is 6.15. The van der Waals surface area contributed by atoms with Gasteiger partial charge in [-0.25, -0.2) is 4.79 Å². The van der Waals surface area contributed by atoms with Gasteiger partial charge in [0.1, 0.15) is 11.2 Å². The monoisotopic (exact) mass is 175 g/mol. The summed E-state index contributed by atoms with van der Waals surface area (Å²) in [5.74, 6) is 0. The highest BCUT2D eigenvalue weighted by Gasteiger charge is 2.20. The normalized spacial score (nSPS) is 27.5. The minimum absolute atomic E-state index is 0.130. The van der Waals surface area contributed by atoms with E-state index in [0.29, 0.717) is 0 Å². The molecule has 1 heterocycles. The quantitative estimate of drug-likeness (QED) is 0.395. The molecule has 0 spiro atoms. The molecule has 0 saturated carbocycles. The first kappa shape index (κ1) is 5.75. The number of amides is 2. The number of carbonyl (C=O) groups is 1. The molecular formula is C4H4BrN2O. The van der Waals surface area contributed by atoms with E-state index >= 15 is 0 Å². The molecule has 2 amide bonds. The van der Waals surface area contributed by atoms with E-state index in [2.05, 4.69) is 27.1 Å². The van der Waals surface area contributed by atoms with Crippen LogP contribution >= 0.6 is 15.9 Å².